The Hall–Kier alpha value is -2.79. The Morgan fingerprint density at radius 3 is 2.17 bits per heavy atom. The van der Waals surface area contributed by atoms with Gasteiger partial charge in [0.05, 0.1) is 15.9 Å². The van der Waals surface area contributed by atoms with Crippen molar-refractivity contribution in [2.75, 3.05) is 0 Å². The fourth-order valence-corrected chi connectivity index (χ4v) is 4.42. The molecule has 0 unspecified atom stereocenters. The van der Waals surface area contributed by atoms with Crippen LogP contribution in [-0.2, 0) is 10.0 Å². The summed E-state index contributed by atoms with van der Waals surface area (Å²) in [5, 5.41) is 11.4. The molecule has 0 atom stereocenters. The predicted octanol–water partition coefficient (Wildman–Crippen LogP) is 3.74. The molecule has 0 saturated carbocycles. The van der Waals surface area contributed by atoms with E-state index in [1.165, 1.54) is 10.0 Å². The lowest BCUT2D eigenvalue weighted by Crippen LogP contribution is -2.12. The number of hydrogen-bond acceptors (Lipinski definition) is 3. The van der Waals surface area contributed by atoms with Crippen molar-refractivity contribution < 1.29 is 13.5 Å². The van der Waals surface area contributed by atoms with Gasteiger partial charge in [0, 0.05) is 16.8 Å². The summed E-state index contributed by atoms with van der Waals surface area (Å²) in [5.41, 5.74) is 1.06. The molecule has 3 aromatic carbocycles. The van der Waals surface area contributed by atoms with Gasteiger partial charge in [-0.15, -0.1) is 0 Å². The third kappa shape index (κ3) is 2.01. The molecule has 4 nitrogen and oxygen atoms in total. The number of fused-ring (bicyclic) bond motifs is 3. The highest BCUT2D eigenvalue weighted by atomic mass is 32.2. The van der Waals surface area contributed by atoms with Crippen molar-refractivity contribution in [2.45, 2.75) is 4.90 Å². The van der Waals surface area contributed by atoms with E-state index in [1.807, 2.05) is 12.1 Å². The highest BCUT2D eigenvalue weighted by Crippen LogP contribution is 2.34. The van der Waals surface area contributed by atoms with Gasteiger partial charge >= 0.3 is 0 Å². The van der Waals surface area contributed by atoms with Crippen LogP contribution in [0.5, 0.6) is 5.75 Å². The van der Waals surface area contributed by atoms with Crippen molar-refractivity contribution in [3.05, 3.63) is 72.8 Å². The van der Waals surface area contributed by atoms with E-state index in [4.69, 9.17) is 0 Å². The summed E-state index contributed by atoms with van der Waals surface area (Å²) >= 11 is 0. The number of phenolic OH excluding ortho intramolecular Hbond substituents is 1. The summed E-state index contributed by atoms with van der Waals surface area (Å²) in [7, 11) is -3.76. The maximum absolute atomic E-state index is 13.1. The highest BCUT2D eigenvalue weighted by Gasteiger charge is 2.22. The number of para-hydroxylation sites is 1. The van der Waals surface area contributed by atoms with E-state index in [-0.39, 0.29) is 10.6 Å². The van der Waals surface area contributed by atoms with Crippen LogP contribution in [0, 0.1) is 0 Å². The van der Waals surface area contributed by atoms with Crippen LogP contribution in [0.4, 0.5) is 0 Å². The van der Waals surface area contributed by atoms with Crippen molar-refractivity contribution in [1.82, 2.24) is 3.97 Å². The Kier molecular flexibility index (Phi) is 2.92. The summed E-state index contributed by atoms with van der Waals surface area (Å²) in [4.78, 5) is 0.214. The molecule has 1 heterocycles. The topological polar surface area (TPSA) is 59.3 Å². The normalized spacial score (nSPS) is 12.0. The van der Waals surface area contributed by atoms with Crippen LogP contribution in [0.3, 0.4) is 0 Å². The zero-order valence-corrected chi connectivity index (χ0v) is 12.9. The van der Waals surface area contributed by atoms with Crippen LogP contribution in [-0.4, -0.2) is 17.5 Å². The van der Waals surface area contributed by atoms with E-state index >= 15 is 0 Å². The first-order valence-electron chi connectivity index (χ1n) is 7.12. The Labute approximate surface area is 133 Å². The van der Waals surface area contributed by atoms with Gasteiger partial charge in [-0.2, -0.15) is 0 Å². The Morgan fingerprint density at radius 2 is 1.39 bits per heavy atom. The molecule has 4 aromatic rings. The largest absolute Gasteiger partial charge is 0.508 e. The molecule has 1 N–H and O–H groups in total. The third-order valence-electron chi connectivity index (χ3n) is 3.89. The van der Waals surface area contributed by atoms with E-state index in [0.717, 1.165) is 10.8 Å². The van der Waals surface area contributed by atoms with Gasteiger partial charge in [0.15, 0.2) is 0 Å². The molecule has 0 bridgehead atoms. The molecular formula is C18H13NO3S. The smallest absolute Gasteiger partial charge is 0.268 e. The molecule has 1 aromatic heterocycles. The number of hydrogen-bond donors (Lipinski definition) is 1. The minimum atomic E-state index is -3.76. The molecule has 4 rings (SSSR count). The first kappa shape index (κ1) is 13.8. The van der Waals surface area contributed by atoms with Crippen molar-refractivity contribution in [1.29, 1.82) is 0 Å². The molecule has 23 heavy (non-hydrogen) atoms. The van der Waals surface area contributed by atoms with E-state index in [1.54, 1.807) is 54.6 Å². The van der Waals surface area contributed by atoms with Crippen molar-refractivity contribution >= 4 is 31.8 Å². The van der Waals surface area contributed by atoms with Gasteiger partial charge < -0.3 is 5.11 Å². The maximum Gasteiger partial charge on any atom is 0.268 e. The molecule has 0 spiro atoms. The van der Waals surface area contributed by atoms with Gasteiger partial charge in [0.2, 0.25) is 0 Å². The Balaban J connectivity index is 2.19. The standard InChI is InChI=1S/C18H13NO3S/c20-13-10-11-16-15-8-4-5-9-17(15)19(18(16)12-13)23(21,22)14-6-2-1-3-7-14/h1-12,20H. The molecule has 0 radical (unpaired) electrons. The van der Waals surface area contributed by atoms with Gasteiger partial charge in [-0.1, -0.05) is 36.4 Å². The Bertz CT molecular complexity index is 1130. The van der Waals surface area contributed by atoms with Gasteiger partial charge in [-0.05, 0) is 30.3 Å². The molecule has 0 saturated heterocycles. The average molecular weight is 323 g/mol. The minimum Gasteiger partial charge on any atom is -0.508 e. The predicted molar refractivity (Wildman–Crippen MR) is 90.1 cm³/mol. The second-order valence-corrected chi connectivity index (χ2v) is 7.09. The monoisotopic (exact) mass is 323 g/mol. The molecule has 5 heteroatoms. The average Bonchev–Trinajstić information content (AvgIpc) is 2.89. The molecule has 0 amide bonds. The number of rotatable bonds is 2. The summed E-state index contributed by atoms with van der Waals surface area (Å²) in [6.45, 7) is 0. The summed E-state index contributed by atoms with van der Waals surface area (Å²) in [6.07, 6.45) is 0. The molecule has 114 valence electrons. The van der Waals surface area contributed by atoms with Crippen LogP contribution in [0.25, 0.3) is 21.8 Å². The van der Waals surface area contributed by atoms with E-state index in [9.17, 15) is 13.5 Å². The van der Waals surface area contributed by atoms with Crippen molar-refractivity contribution in [3.63, 3.8) is 0 Å². The molecule has 0 aliphatic rings. The fraction of sp³-hybridized carbons (Fsp3) is 0. The van der Waals surface area contributed by atoms with E-state index in [2.05, 4.69) is 0 Å². The van der Waals surface area contributed by atoms with Gasteiger partial charge in [0.1, 0.15) is 5.75 Å². The molecule has 0 aliphatic heterocycles. The number of benzene rings is 3. The Morgan fingerprint density at radius 1 is 0.739 bits per heavy atom. The third-order valence-corrected chi connectivity index (χ3v) is 5.64. The fourth-order valence-electron chi connectivity index (χ4n) is 2.88. The maximum atomic E-state index is 13.1. The second kappa shape index (κ2) is 4.86. The minimum absolute atomic E-state index is 0.0322. The highest BCUT2D eigenvalue weighted by molar-refractivity contribution is 7.90. The number of aromatic hydroxyl groups is 1. The van der Waals surface area contributed by atoms with Crippen LogP contribution < -0.4 is 0 Å². The lowest BCUT2D eigenvalue weighted by Gasteiger charge is -2.09. The van der Waals surface area contributed by atoms with E-state index < -0.39 is 10.0 Å². The van der Waals surface area contributed by atoms with Gasteiger partial charge in [0.25, 0.3) is 10.0 Å². The number of nitrogens with zero attached hydrogens (tertiary/aromatic N) is 1. The van der Waals surface area contributed by atoms with Gasteiger partial charge in [-0.3, -0.25) is 0 Å². The van der Waals surface area contributed by atoms with Crippen LogP contribution in [0.15, 0.2) is 77.7 Å². The second-order valence-electron chi connectivity index (χ2n) is 5.30. The molecule has 0 fully saturated rings. The number of aromatic nitrogens is 1. The molecular weight excluding hydrogens is 310 g/mol. The first-order valence-corrected chi connectivity index (χ1v) is 8.56. The lowest BCUT2D eigenvalue weighted by atomic mass is 10.1. The van der Waals surface area contributed by atoms with Crippen molar-refractivity contribution in [3.8, 4) is 5.75 Å². The van der Waals surface area contributed by atoms with Gasteiger partial charge in [-0.25, -0.2) is 12.4 Å². The summed E-state index contributed by atoms with van der Waals surface area (Å²) in [6, 6.07) is 20.4. The number of phenols is 1. The SMILES string of the molecule is O=S(=O)(c1ccccc1)n1c2ccccc2c2ccc(O)cc21. The van der Waals surface area contributed by atoms with Crippen LogP contribution in [0.1, 0.15) is 0 Å². The zero-order chi connectivity index (χ0) is 16.0. The lowest BCUT2D eigenvalue weighted by molar-refractivity contribution is 0.476. The molecule has 0 aliphatic carbocycles. The van der Waals surface area contributed by atoms with Crippen LogP contribution in [0.2, 0.25) is 0 Å². The quantitative estimate of drug-likeness (QED) is 0.611. The van der Waals surface area contributed by atoms with E-state index in [0.29, 0.717) is 11.0 Å². The summed E-state index contributed by atoms with van der Waals surface area (Å²) in [5.74, 6) is 0.0322. The van der Waals surface area contributed by atoms with Crippen LogP contribution >= 0.6 is 0 Å². The summed E-state index contributed by atoms with van der Waals surface area (Å²) < 4.78 is 27.5. The van der Waals surface area contributed by atoms with Crippen molar-refractivity contribution in [2.24, 2.45) is 0 Å². The first-order chi connectivity index (χ1) is 11.1. The zero-order valence-electron chi connectivity index (χ0n) is 12.0.